The molecule has 1 amide bonds. The van der Waals surface area contributed by atoms with Gasteiger partial charge in [-0.05, 0) is 39.7 Å². The Morgan fingerprint density at radius 2 is 1.92 bits per heavy atom. The molecule has 3 aromatic rings. The highest BCUT2D eigenvalue weighted by molar-refractivity contribution is 9.10. The van der Waals surface area contributed by atoms with Gasteiger partial charge in [-0.2, -0.15) is 0 Å². The average molecular weight is 424 g/mol. The van der Waals surface area contributed by atoms with Gasteiger partial charge in [0.15, 0.2) is 4.34 Å². The van der Waals surface area contributed by atoms with Gasteiger partial charge < -0.3 is 0 Å². The summed E-state index contributed by atoms with van der Waals surface area (Å²) in [6.45, 7) is 0. The van der Waals surface area contributed by atoms with Crippen molar-refractivity contribution in [1.82, 2.24) is 10.2 Å². The Balaban J connectivity index is 1.63. The molecule has 0 spiro atoms. The third-order valence-electron chi connectivity index (χ3n) is 3.05. The molecular weight excluding hydrogens is 413 g/mol. The minimum atomic E-state index is -0.260. The van der Waals surface area contributed by atoms with E-state index in [2.05, 4.69) is 31.4 Å². The molecule has 0 unspecified atom stereocenters. The summed E-state index contributed by atoms with van der Waals surface area (Å²) in [6.07, 6.45) is 0. The number of halogens is 2. The van der Waals surface area contributed by atoms with Crippen LogP contribution in [0.15, 0.2) is 57.3 Å². The van der Waals surface area contributed by atoms with E-state index in [1.165, 1.54) is 29.2 Å². The highest BCUT2D eigenvalue weighted by Crippen LogP contribution is 2.29. The molecule has 0 saturated heterocycles. The van der Waals surface area contributed by atoms with Crippen molar-refractivity contribution < 1.29 is 9.18 Å². The predicted octanol–water partition coefficient (Wildman–Crippen LogP) is 4.98. The number of hydrogen-bond donors (Lipinski definition) is 1. The number of nitrogens with zero attached hydrogens (tertiary/aromatic N) is 2. The zero-order chi connectivity index (χ0) is 16.9. The smallest absolute Gasteiger partial charge is 0.258 e. The van der Waals surface area contributed by atoms with Gasteiger partial charge in [0, 0.05) is 10.2 Å². The Bertz CT molecular complexity index is 872. The molecule has 8 heteroatoms. The van der Waals surface area contributed by atoms with Crippen LogP contribution in [-0.4, -0.2) is 16.1 Å². The van der Waals surface area contributed by atoms with Crippen molar-refractivity contribution >= 4 is 50.1 Å². The van der Waals surface area contributed by atoms with Crippen LogP contribution < -0.4 is 5.32 Å². The zero-order valence-corrected chi connectivity index (χ0v) is 15.4. The minimum absolute atomic E-state index is 0.239. The van der Waals surface area contributed by atoms with Gasteiger partial charge in [0.2, 0.25) is 5.13 Å². The van der Waals surface area contributed by atoms with Crippen LogP contribution in [0.3, 0.4) is 0 Å². The maximum Gasteiger partial charge on any atom is 0.258 e. The van der Waals surface area contributed by atoms with E-state index in [1.54, 1.807) is 36.4 Å². The molecule has 4 nitrogen and oxygen atoms in total. The highest BCUT2D eigenvalue weighted by Gasteiger charge is 2.13. The summed E-state index contributed by atoms with van der Waals surface area (Å²) < 4.78 is 15.0. The normalized spacial score (nSPS) is 10.6. The Morgan fingerprint density at radius 3 is 2.71 bits per heavy atom. The summed E-state index contributed by atoms with van der Waals surface area (Å²) >= 11 is 5.98. The lowest BCUT2D eigenvalue weighted by molar-refractivity contribution is 0.102. The van der Waals surface area contributed by atoms with Gasteiger partial charge >= 0.3 is 0 Å². The predicted molar refractivity (Wildman–Crippen MR) is 98.0 cm³/mol. The molecule has 0 saturated carbocycles. The lowest BCUT2D eigenvalue weighted by atomic mass is 10.2. The molecule has 1 N–H and O–H groups in total. The standard InChI is InChI=1S/C16H11BrFN3OS2/c17-12-7-3-2-6-11(12)14(22)19-15-20-21-16(24-15)23-9-10-5-1-4-8-13(10)18/h1-8H,9H2,(H,19,20,22). The van der Waals surface area contributed by atoms with Crippen molar-refractivity contribution in [2.45, 2.75) is 10.1 Å². The van der Waals surface area contributed by atoms with Crippen LogP contribution in [0.2, 0.25) is 0 Å². The van der Waals surface area contributed by atoms with Gasteiger partial charge in [0.05, 0.1) is 5.56 Å². The number of hydrogen-bond acceptors (Lipinski definition) is 5. The third kappa shape index (κ3) is 4.19. The number of rotatable bonds is 5. The maximum absolute atomic E-state index is 13.6. The quantitative estimate of drug-likeness (QED) is 0.464. The highest BCUT2D eigenvalue weighted by atomic mass is 79.9. The van der Waals surface area contributed by atoms with Gasteiger partial charge in [-0.1, -0.05) is 53.4 Å². The van der Waals surface area contributed by atoms with Crippen molar-refractivity contribution in [3.8, 4) is 0 Å². The third-order valence-corrected chi connectivity index (χ3v) is 5.77. The number of thioether (sulfide) groups is 1. The van der Waals surface area contributed by atoms with Crippen molar-refractivity contribution in [2.24, 2.45) is 0 Å². The first-order valence-electron chi connectivity index (χ1n) is 6.89. The summed E-state index contributed by atoms with van der Waals surface area (Å²) in [4.78, 5) is 12.2. The minimum Gasteiger partial charge on any atom is -0.296 e. The van der Waals surface area contributed by atoms with Crippen LogP contribution in [-0.2, 0) is 5.75 Å². The number of aromatic nitrogens is 2. The van der Waals surface area contributed by atoms with Gasteiger partial charge in [0.1, 0.15) is 5.82 Å². The van der Waals surface area contributed by atoms with Crippen LogP contribution in [0.1, 0.15) is 15.9 Å². The van der Waals surface area contributed by atoms with Gasteiger partial charge in [-0.25, -0.2) is 4.39 Å². The maximum atomic E-state index is 13.6. The van der Waals surface area contributed by atoms with E-state index in [-0.39, 0.29) is 11.7 Å². The average Bonchev–Trinajstić information content (AvgIpc) is 3.02. The van der Waals surface area contributed by atoms with Crippen LogP contribution >= 0.6 is 39.0 Å². The summed E-state index contributed by atoms with van der Waals surface area (Å²) in [5.41, 5.74) is 1.13. The molecule has 0 radical (unpaired) electrons. The fourth-order valence-corrected chi connectivity index (χ4v) is 4.08. The molecule has 24 heavy (non-hydrogen) atoms. The first-order valence-corrected chi connectivity index (χ1v) is 9.48. The van der Waals surface area contributed by atoms with E-state index in [4.69, 9.17) is 0 Å². The first-order chi connectivity index (χ1) is 11.6. The molecule has 1 aromatic heterocycles. The second-order valence-corrected chi connectivity index (χ2v) is 7.74. The second-order valence-electron chi connectivity index (χ2n) is 4.69. The second kappa shape index (κ2) is 7.87. The first kappa shape index (κ1) is 17.1. The Hall–Kier alpha value is -1.77. The van der Waals surface area contributed by atoms with E-state index in [1.807, 2.05) is 6.07 Å². The molecule has 0 bridgehead atoms. The summed E-state index contributed by atoms with van der Waals surface area (Å²) in [6, 6.07) is 13.8. The van der Waals surface area contributed by atoms with Gasteiger partial charge in [-0.3, -0.25) is 10.1 Å². The van der Waals surface area contributed by atoms with Crippen molar-refractivity contribution in [2.75, 3.05) is 5.32 Å². The van der Waals surface area contributed by atoms with E-state index in [0.717, 1.165) is 0 Å². The number of carbonyl (C=O) groups is 1. The Morgan fingerprint density at radius 1 is 1.17 bits per heavy atom. The fraction of sp³-hybridized carbons (Fsp3) is 0.0625. The van der Waals surface area contributed by atoms with Crippen molar-refractivity contribution in [3.05, 3.63) is 69.9 Å². The molecule has 122 valence electrons. The summed E-state index contributed by atoms with van der Waals surface area (Å²) in [5.74, 6) is -0.0410. The lowest BCUT2D eigenvalue weighted by Gasteiger charge is -2.02. The number of carbonyl (C=O) groups excluding carboxylic acids is 1. The van der Waals surface area contributed by atoms with Crippen molar-refractivity contribution in [1.29, 1.82) is 0 Å². The summed E-state index contributed by atoms with van der Waals surface area (Å²) in [5, 5.41) is 11.1. The Labute approximate surface area is 154 Å². The SMILES string of the molecule is O=C(Nc1nnc(SCc2ccccc2F)s1)c1ccccc1Br. The molecule has 3 rings (SSSR count). The molecule has 0 atom stereocenters. The van der Waals surface area contributed by atoms with Crippen LogP contribution in [0.5, 0.6) is 0 Å². The molecule has 0 aliphatic heterocycles. The molecule has 1 heterocycles. The molecule has 2 aromatic carbocycles. The van der Waals surface area contributed by atoms with Crippen LogP contribution in [0.4, 0.5) is 9.52 Å². The topological polar surface area (TPSA) is 54.9 Å². The van der Waals surface area contributed by atoms with E-state index in [0.29, 0.717) is 30.8 Å². The van der Waals surface area contributed by atoms with E-state index >= 15 is 0 Å². The fourth-order valence-electron chi connectivity index (χ4n) is 1.88. The van der Waals surface area contributed by atoms with E-state index in [9.17, 15) is 9.18 Å². The van der Waals surface area contributed by atoms with Crippen molar-refractivity contribution in [3.63, 3.8) is 0 Å². The Kier molecular flexibility index (Phi) is 5.60. The number of anilines is 1. The molecular formula is C16H11BrFN3OS2. The lowest BCUT2D eigenvalue weighted by Crippen LogP contribution is -2.12. The molecule has 0 fully saturated rings. The van der Waals surface area contributed by atoms with Gasteiger partial charge in [0.25, 0.3) is 5.91 Å². The van der Waals surface area contributed by atoms with Crippen LogP contribution in [0, 0.1) is 5.82 Å². The summed E-state index contributed by atoms with van der Waals surface area (Å²) in [7, 11) is 0. The van der Waals surface area contributed by atoms with Gasteiger partial charge in [-0.15, -0.1) is 10.2 Å². The number of benzene rings is 2. The van der Waals surface area contributed by atoms with E-state index < -0.39 is 0 Å². The number of amides is 1. The number of nitrogens with one attached hydrogen (secondary N) is 1. The monoisotopic (exact) mass is 423 g/mol. The largest absolute Gasteiger partial charge is 0.296 e. The molecule has 0 aliphatic rings. The van der Waals surface area contributed by atoms with Crippen LogP contribution in [0.25, 0.3) is 0 Å². The zero-order valence-electron chi connectivity index (χ0n) is 12.2. The molecule has 0 aliphatic carbocycles.